The number of rotatable bonds is 4. The van der Waals surface area contributed by atoms with Gasteiger partial charge in [0.2, 0.25) is 0 Å². The number of benzene rings is 1. The number of carbonyl (C=O) groups excluding carboxylic acids is 1. The monoisotopic (exact) mass is 294 g/mol. The molecule has 1 aliphatic rings. The zero-order valence-electron chi connectivity index (χ0n) is 12.4. The molecule has 2 rings (SSSR count). The van der Waals surface area contributed by atoms with Crippen LogP contribution >= 0.6 is 0 Å². The Kier molecular flexibility index (Phi) is 5.03. The summed E-state index contributed by atoms with van der Waals surface area (Å²) in [6, 6.07) is 5.20. The van der Waals surface area contributed by atoms with Crippen LogP contribution in [-0.4, -0.2) is 49.6 Å². The molecule has 1 fully saturated rings. The molecule has 1 aromatic carbocycles. The zero-order valence-corrected chi connectivity index (χ0v) is 12.4. The van der Waals surface area contributed by atoms with E-state index in [9.17, 15) is 9.90 Å². The summed E-state index contributed by atoms with van der Waals surface area (Å²) in [4.78, 5) is 14.1. The summed E-state index contributed by atoms with van der Waals surface area (Å²) >= 11 is 0. The van der Waals surface area contributed by atoms with Crippen molar-refractivity contribution < 1.29 is 19.4 Å². The Bertz CT molecular complexity index is 506. The van der Waals surface area contributed by atoms with Crippen molar-refractivity contribution >= 4 is 17.3 Å². The van der Waals surface area contributed by atoms with E-state index < -0.39 is 0 Å². The Morgan fingerprint density at radius 3 is 2.95 bits per heavy atom. The van der Waals surface area contributed by atoms with Gasteiger partial charge in [0.15, 0.2) is 0 Å². The highest BCUT2D eigenvalue weighted by molar-refractivity contribution is 5.99. The Morgan fingerprint density at radius 1 is 1.52 bits per heavy atom. The lowest BCUT2D eigenvalue weighted by atomic mass is 10.1. The molecule has 0 spiro atoms. The van der Waals surface area contributed by atoms with E-state index in [-0.39, 0.29) is 24.8 Å². The quantitative estimate of drug-likeness (QED) is 0.637. The van der Waals surface area contributed by atoms with Gasteiger partial charge in [-0.1, -0.05) is 6.07 Å². The van der Waals surface area contributed by atoms with Gasteiger partial charge in [0.25, 0.3) is 0 Å². The normalized spacial score (nSPS) is 22.1. The number of aliphatic hydroxyl groups is 1. The van der Waals surface area contributed by atoms with Gasteiger partial charge in [-0.25, -0.2) is 4.79 Å². The van der Waals surface area contributed by atoms with E-state index in [1.54, 1.807) is 25.1 Å². The molecule has 21 heavy (non-hydrogen) atoms. The molecular weight excluding hydrogens is 272 g/mol. The maximum atomic E-state index is 12.1. The lowest BCUT2D eigenvalue weighted by Gasteiger charge is -2.38. The number of anilines is 2. The van der Waals surface area contributed by atoms with Crippen LogP contribution < -0.4 is 10.6 Å². The van der Waals surface area contributed by atoms with Gasteiger partial charge >= 0.3 is 5.97 Å². The van der Waals surface area contributed by atoms with Crippen LogP contribution in [0.4, 0.5) is 11.4 Å². The third-order valence-electron chi connectivity index (χ3n) is 3.41. The van der Waals surface area contributed by atoms with E-state index in [0.717, 1.165) is 0 Å². The molecule has 0 bridgehead atoms. The smallest absolute Gasteiger partial charge is 0.340 e. The van der Waals surface area contributed by atoms with Crippen molar-refractivity contribution in [2.45, 2.75) is 26.1 Å². The molecule has 116 valence electrons. The Hall–Kier alpha value is -1.79. The molecule has 1 saturated heterocycles. The molecule has 6 heteroatoms. The van der Waals surface area contributed by atoms with Crippen molar-refractivity contribution in [3.8, 4) is 0 Å². The van der Waals surface area contributed by atoms with Crippen LogP contribution in [0.15, 0.2) is 18.2 Å². The van der Waals surface area contributed by atoms with Gasteiger partial charge in [-0.3, -0.25) is 0 Å². The molecular formula is C15H22N2O4. The van der Waals surface area contributed by atoms with Crippen LogP contribution in [0.2, 0.25) is 0 Å². The summed E-state index contributed by atoms with van der Waals surface area (Å²) in [6.45, 7) is 5.03. The van der Waals surface area contributed by atoms with Crippen LogP contribution in [0, 0.1) is 0 Å². The Morgan fingerprint density at radius 2 is 2.29 bits per heavy atom. The number of hydrogen-bond donors (Lipinski definition) is 2. The number of nitrogens with zero attached hydrogens (tertiary/aromatic N) is 1. The minimum atomic E-state index is -0.389. The van der Waals surface area contributed by atoms with Crippen LogP contribution in [0.3, 0.4) is 0 Å². The molecule has 0 radical (unpaired) electrons. The highest BCUT2D eigenvalue weighted by atomic mass is 16.5. The fourth-order valence-electron chi connectivity index (χ4n) is 2.62. The molecule has 3 N–H and O–H groups in total. The van der Waals surface area contributed by atoms with Gasteiger partial charge in [-0.05, 0) is 26.0 Å². The first kappa shape index (κ1) is 15.6. The summed E-state index contributed by atoms with van der Waals surface area (Å²) in [7, 11) is 0. The molecule has 1 aromatic rings. The maximum absolute atomic E-state index is 12.1. The second-order valence-electron chi connectivity index (χ2n) is 5.12. The van der Waals surface area contributed by atoms with Gasteiger partial charge in [-0.15, -0.1) is 0 Å². The molecule has 0 aliphatic carbocycles. The van der Waals surface area contributed by atoms with Crippen LogP contribution in [0.1, 0.15) is 24.2 Å². The number of morpholine rings is 1. The number of ether oxygens (including phenoxy) is 2. The van der Waals surface area contributed by atoms with E-state index in [2.05, 4.69) is 0 Å². The number of aliphatic hydroxyl groups excluding tert-OH is 1. The fraction of sp³-hybridized carbons (Fsp3) is 0.533. The second kappa shape index (κ2) is 6.78. The van der Waals surface area contributed by atoms with Crippen LogP contribution in [0.5, 0.6) is 0 Å². The number of esters is 1. The molecule has 0 amide bonds. The molecule has 2 unspecified atom stereocenters. The lowest BCUT2D eigenvalue weighted by molar-refractivity contribution is -0.0421. The summed E-state index contributed by atoms with van der Waals surface area (Å²) in [5.41, 5.74) is 7.69. The molecule has 2 atom stereocenters. The summed E-state index contributed by atoms with van der Waals surface area (Å²) in [5.74, 6) is -0.389. The number of nitrogens with two attached hydrogens (primary N) is 1. The third kappa shape index (κ3) is 3.46. The molecule has 0 aromatic heterocycles. The predicted molar refractivity (Wildman–Crippen MR) is 80.4 cm³/mol. The van der Waals surface area contributed by atoms with Gasteiger partial charge in [0.05, 0.1) is 42.4 Å². The van der Waals surface area contributed by atoms with Crippen LogP contribution in [0.25, 0.3) is 0 Å². The minimum absolute atomic E-state index is 0.0504. The first-order chi connectivity index (χ1) is 10.1. The highest BCUT2D eigenvalue weighted by Crippen LogP contribution is 2.31. The standard InChI is InChI=1S/C15H22N2O4/c1-3-20-15(19)12-5-4-6-13(16)14(12)17-7-10(2)21-11(8-17)9-18/h4-6,10-11,18H,3,7-9,16H2,1-2H3. The van der Waals surface area contributed by atoms with Crippen molar-refractivity contribution in [3.05, 3.63) is 23.8 Å². The van der Waals surface area contributed by atoms with E-state index in [0.29, 0.717) is 36.6 Å². The van der Waals surface area contributed by atoms with Crippen LogP contribution in [-0.2, 0) is 9.47 Å². The number of carbonyl (C=O) groups is 1. The molecule has 1 heterocycles. The van der Waals surface area contributed by atoms with Gasteiger partial charge in [0.1, 0.15) is 0 Å². The minimum Gasteiger partial charge on any atom is -0.462 e. The SMILES string of the molecule is CCOC(=O)c1cccc(N)c1N1CC(C)OC(CO)C1. The lowest BCUT2D eigenvalue weighted by Crippen LogP contribution is -2.48. The largest absolute Gasteiger partial charge is 0.462 e. The van der Waals surface area contributed by atoms with Crippen molar-refractivity contribution in [2.24, 2.45) is 0 Å². The van der Waals surface area contributed by atoms with E-state index >= 15 is 0 Å². The predicted octanol–water partition coefficient (Wildman–Crippen LogP) is 1.03. The van der Waals surface area contributed by atoms with E-state index in [1.165, 1.54) is 0 Å². The average Bonchev–Trinajstić information content (AvgIpc) is 2.46. The molecule has 0 saturated carbocycles. The van der Waals surface area contributed by atoms with Crippen molar-refractivity contribution in [1.29, 1.82) is 0 Å². The highest BCUT2D eigenvalue weighted by Gasteiger charge is 2.29. The Balaban J connectivity index is 2.35. The van der Waals surface area contributed by atoms with Gasteiger partial charge < -0.3 is 25.2 Å². The van der Waals surface area contributed by atoms with E-state index in [1.807, 2.05) is 11.8 Å². The number of para-hydroxylation sites is 1. The third-order valence-corrected chi connectivity index (χ3v) is 3.41. The van der Waals surface area contributed by atoms with Gasteiger partial charge in [0, 0.05) is 13.1 Å². The van der Waals surface area contributed by atoms with E-state index in [4.69, 9.17) is 15.2 Å². The summed E-state index contributed by atoms with van der Waals surface area (Å²) in [5, 5.41) is 9.33. The average molecular weight is 294 g/mol. The van der Waals surface area contributed by atoms with Crippen molar-refractivity contribution in [1.82, 2.24) is 0 Å². The summed E-state index contributed by atoms with van der Waals surface area (Å²) in [6.07, 6.45) is -0.339. The zero-order chi connectivity index (χ0) is 15.4. The van der Waals surface area contributed by atoms with Crippen molar-refractivity contribution in [3.63, 3.8) is 0 Å². The first-order valence-corrected chi connectivity index (χ1v) is 7.13. The second-order valence-corrected chi connectivity index (χ2v) is 5.12. The maximum Gasteiger partial charge on any atom is 0.340 e. The first-order valence-electron chi connectivity index (χ1n) is 7.13. The summed E-state index contributed by atoms with van der Waals surface area (Å²) < 4.78 is 10.7. The number of nitrogen functional groups attached to an aromatic ring is 1. The van der Waals surface area contributed by atoms with Gasteiger partial charge in [-0.2, -0.15) is 0 Å². The fourth-order valence-corrected chi connectivity index (χ4v) is 2.62. The topological polar surface area (TPSA) is 85.0 Å². The van der Waals surface area contributed by atoms with Crippen molar-refractivity contribution in [2.75, 3.05) is 36.9 Å². The molecule has 6 nitrogen and oxygen atoms in total. The molecule has 1 aliphatic heterocycles. The number of hydrogen-bond acceptors (Lipinski definition) is 6. The Labute approximate surface area is 124 Å².